The molecule has 7 heteroatoms. The normalized spacial score (nSPS) is 19.6. The number of nitrogens with zero attached hydrogens (tertiary/aromatic N) is 2. The molecule has 0 radical (unpaired) electrons. The Bertz CT molecular complexity index is 549. The lowest BCUT2D eigenvalue weighted by molar-refractivity contribution is -0.148. The highest BCUT2D eigenvalue weighted by atomic mass is 32.2. The number of likely N-dealkylation sites (tertiary alicyclic amines) is 1. The molecule has 1 amide bonds. The number of thioether (sulfide) groups is 1. The zero-order chi connectivity index (χ0) is 15.4. The van der Waals surface area contributed by atoms with Gasteiger partial charge in [-0.3, -0.25) is 14.6 Å². The molecule has 1 aliphatic heterocycles. The Hall–Kier alpha value is -1.89. The van der Waals surface area contributed by atoms with Gasteiger partial charge in [0.2, 0.25) is 5.91 Å². The van der Waals surface area contributed by atoms with E-state index in [1.54, 1.807) is 24.4 Å². The molecule has 1 aromatic heterocycles. The van der Waals surface area contributed by atoms with Crippen molar-refractivity contribution in [1.29, 1.82) is 0 Å². The van der Waals surface area contributed by atoms with E-state index in [0.717, 1.165) is 11.8 Å². The zero-order valence-electron chi connectivity index (χ0n) is 11.6. The second kappa shape index (κ2) is 6.71. The Kier molecular flexibility index (Phi) is 4.95. The van der Waals surface area contributed by atoms with Crippen LogP contribution in [0.25, 0.3) is 0 Å². The maximum absolute atomic E-state index is 12.0. The Morgan fingerprint density at radius 2 is 2.29 bits per heavy atom. The SMILES string of the molecule is CC(=O)SC1CC(=O)N([C@@H](Cc2ccccn2)C(=O)O)C1. The summed E-state index contributed by atoms with van der Waals surface area (Å²) in [4.78, 5) is 40.1. The van der Waals surface area contributed by atoms with Crippen molar-refractivity contribution < 1.29 is 19.5 Å². The number of rotatable bonds is 5. The minimum absolute atomic E-state index is 0.0637. The summed E-state index contributed by atoms with van der Waals surface area (Å²) in [5, 5.41) is 9.16. The Balaban J connectivity index is 2.10. The van der Waals surface area contributed by atoms with Crippen LogP contribution in [0, 0.1) is 0 Å². The van der Waals surface area contributed by atoms with E-state index in [0.29, 0.717) is 5.69 Å². The molecule has 1 aromatic rings. The van der Waals surface area contributed by atoms with E-state index in [2.05, 4.69) is 4.98 Å². The van der Waals surface area contributed by atoms with Crippen LogP contribution in [0.4, 0.5) is 0 Å². The second-order valence-electron chi connectivity index (χ2n) is 4.86. The van der Waals surface area contributed by atoms with Gasteiger partial charge in [0.1, 0.15) is 6.04 Å². The van der Waals surface area contributed by atoms with Crippen LogP contribution in [0.5, 0.6) is 0 Å². The van der Waals surface area contributed by atoms with Crippen LogP contribution < -0.4 is 0 Å². The summed E-state index contributed by atoms with van der Waals surface area (Å²) in [5.41, 5.74) is 0.625. The van der Waals surface area contributed by atoms with Gasteiger partial charge in [0.05, 0.1) is 0 Å². The minimum Gasteiger partial charge on any atom is -0.480 e. The third kappa shape index (κ3) is 4.04. The van der Waals surface area contributed by atoms with Crippen LogP contribution in [0.1, 0.15) is 19.0 Å². The number of amides is 1. The van der Waals surface area contributed by atoms with E-state index in [1.165, 1.54) is 11.8 Å². The molecule has 2 rings (SSSR count). The molecule has 21 heavy (non-hydrogen) atoms. The Morgan fingerprint density at radius 3 is 2.86 bits per heavy atom. The quantitative estimate of drug-likeness (QED) is 0.871. The highest BCUT2D eigenvalue weighted by Gasteiger charge is 2.38. The van der Waals surface area contributed by atoms with Crippen molar-refractivity contribution in [2.75, 3.05) is 6.54 Å². The van der Waals surface area contributed by atoms with Crippen LogP contribution in [0.2, 0.25) is 0 Å². The monoisotopic (exact) mass is 308 g/mol. The van der Waals surface area contributed by atoms with Gasteiger partial charge in [-0.15, -0.1) is 0 Å². The van der Waals surface area contributed by atoms with Crippen molar-refractivity contribution >= 4 is 28.8 Å². The Labute approximate surface area is 126 Å². The first kappa shape index (κ1) is 15.5. The van der Waals surface area contributed by atoms with Crippen molar-refractivity contribution in [1.82, 2.24) is 9.88 Å². The average Bonchev–Trinajstić information content (AvgIpc) is 2.76. The van der Waals surface area contributed by atoms with E-state index in [1.807, 2.05) is 0 Å². The first-order valence-corrected chi connectivity index (χ1v) is 7.44. The third-order valence-corrected chi connectivity index (χ3v) is 4.23. The molecular weight excluding hydrogens is 292 g/mol. The summed E-state index contributed by atoms with van der Waals surface area (Å²) >= 11 is 1.10. The maximum Gasteiger partial charge on any atom is 0.326 e. The third-order valence-electron chi connectivity index (χ3n) is 3.25. The molecule has 0 spiro atoms. The fourth-order valence-electron chi connectivity index (χ4n) is 2.36. The van der Waals surface area contributed by atoms with Gasteiger partial charge in [-0.1, -0.05) is 17.8 Å². The van der Waals surface area contributed by atoms with Gasteiger partial charge in [-0.25, -0.2) is 4.79 Å². The molecule has 1 aliphatic rings. The molecule has 1 unspecified atom stereocenters. The number of carboxylic acid groups (broad SMARTS) is 1. The highest BCUT2D eigenvalue weighted by molar-refractivity contribution is 8.14. The van der Waals surface area contributed by atoms with Crippen molar-refractivity contribution in [3.63, 3.8) is 0 Å². The number of hydrogen-bond donors (Lipinski definition) is 1. The summed E-state index contributed by atoms with van der Waals surface area (Å²) in [6, 6.07) is 4.32. The molecule has 0 bridgehead atoms. The summed E-state index contributed by atoms with van der Waals surface area (Å²) in [5.74, 6) is -1.28. The number of pyridine rings is 1. The first-order chi connectivity index (χ1) is 9.97. The maximum atomic E-state index is 12.0. The van der Waals surface area contributed by atoms with Gasteiger partial charge in [-0.05, 0) is 12.1 Å². The minimum atomic E-state index is -1.05. The largest absolute Gasteiger partial charge is 0.480 e. The number of aliphatic carboxylic acids is 1. The topological polar surface area (TPSA) is 87.6 Å². The lowest BCUT2D eigenvalue weighted by Crippen LogP contribution is -2.44. The van der Waals surface area contributed by atoms with Crippen molar-refractivity contribution in [2.24, 2.45) is 0 Å². The summed E-state index contributed by atoms with van der Waals surface area (Å²) in [7, 11) is 0. The van der Waals surface area contributed by atoms with E-state index in [-0.39, 0.29) is 35.7 Å². The molecule has 6 nitrogen and oxygen atoms in total. The van der Waals surface area contributed by atoms with E-state index < -0.39 is 12.0 Å². The number of aromatic nitrogens is 1. The van der Waals surface area contributed by atoms with Gasteiger partial charge < -0.3 is 10.0 Å². The van der Waals surface area contributed by atoms with Crippen molar-refractivity contribution in [3.8, 4) is 0 Å². The summed E-state index contributed by atoms with van der Waals surface area (Å²) in [6.07, 6.45) is 1.96. The van der Waals surface area contributed by atoms with Gasteiger partial charge in [0.25, 0.3) is 0 Å². The molecule has 2 heterocycles. The number of carboxylic acids is 1. The first-order valence-electron chi connectivity index (χ1n) is 6.56. The number of carbonyl (C=O) groups is 3. The molecule has 0 aromatic carbocycles. The van der Waals surface area contributed by atoms with Crippen LogP contribution in [-0.2, 0) is 20.8 Å². The molecular formula is C14H16N2O4S. The van der Waals surface area contributed by atoms with Gasteiger partial charge in [-0.2, -0.15) is 0 Å². The lowest BCUT2D eigenvalue weighted by Gasteiger charge is -2.24. The predicted octanol–water partition coefficient (Wildman–Crippen LogP) is 0.958. The smallest absolute Gasteiger partial charge is 0.326 e. The van der Waals surface area contributed by atoms with Gasteiger partial charge in [0.15, 0.2) is 5.12 Å². The van der Waals surface area contributed by atoms with Crippen LogP contribution >= 0.6 is 11.8 Å². The van der Waals surface area contributed by atoms with Crippen molar-refractivity contribution in [2.45, 2.75) is 31.1 Å². The van der Waals surface area contributed by atoms with Crippen LogP contribution in [-0.4, -0.2) is 49.8 Å². The molecule has 1 fully saturated rings. The van der Waals surface area contributed by atoms with Gasteiger partial charge in [0, 0.05) is 43.5 Å². The highest BCUT2D eigenvalue weighted by Crippen LogP contribution is 2.26. The summed E-state index contributed by atoms with van der Waals surface area (Å²) < 4.78 is 0. The molecule has 0 saturated carbocycles. The fraction of sp³-hybridized carbons (Fsp3) is 0.429. The standard InChI is InChI=1S/C14H16N2O4S/c1-9(17)21-11-7-13(18)16(8-11)12(14(19)20)6-10-4-2-3-5-15-10/h2-5,11-12H,6-8H2,1H3,(H,19,20)/t11?,12-/m0/s1. The lowest BCUT2D eigenvalue weighted by atomic mass is 10.1. The average molecular weight is 308 g/mol. The van der Waals surface area contributed by atoms with Gasteiger partial charge >= 0.3 is 5.97 Å². The second-order valence-corrected chi connectivity index (χ2v) is 6.34. The van der Waals surface area contributed by atoms with E-state index in [9.17, 15) is 19.5 Å². The molecule has 1 N–H and O–H groups in total. The van der Waals surface area contributed by atoms with Crippen molar-refractivity contribution in [3.05, 3.63) is 30.1 Å². The molecule has 0 aliphatic carbocycles. The van der Waals surface area contributed by atoms with Crippen LogP contribution in [0.15, 0.2) is 24.4 Å². The molecule has 2 atom stereocenters. The van der Waals surface area contributed by atoms with Crippen LogP contribution in [0.3, 0.4) is 0 Å². The zero-order valence-corrected chi connectivity index (χ0v) is 12.4. The van der Waals surface area contributed by atoms with E-state index in [4.69, 9.17) is 0 Å². The molecule has 1 saturated heterocycles. The number of hydrogen-bond acceptors (Lipinski definition) is 5. The summed E-state index contributed by atoms with van der Waals surface area (Å²) in [6.45, 7) is 1.73. The van der Waals surface area contributed by atoms with E-state index >= 15 is 0 Å². The molecule has 112 valence electrons. The fourth-order valence-corrected chi connectivity index (χ4v) is 3.29. The predicted molar refractivity (Wildman–Crippen MR) is 77.8 cm³/mol. The number of carbonyl (C=O) groups excluding carboxylic acids is 2. The Morgan fingerprint density at radius 1 is 1.52 bits per heavy atom.